The van der Waals surface area contributed by atoms with Gasteiger partial charge in [-0.1, -0.05) is 25.4 Å². The van der Waals surface area contributed by atoms with E-state index in [1.165, 1.54) is 6.07 Å². The monoisotopic (exact) mass is 297 g/mol. The van der Waals surface area contributed by atoms with Crippen molar-refractivity contribution >= 4 is 23.2 Å². The lowest BCUT2D eigenvalue weighted by Crippen LogP contribution is -2.29. The fourth-order valence-corrected chi connectivity index (χ4v) is 2.56. The molecule has 20 heavy (non-hydrogen) atoms. The van der Waals surface area contributed by atoms with Crippen LogP contribution in [-0.2, 0) is 0 Å². The summed E-state index contributed by atoms with van der Waals surface area (Å²) in [6.07, 6.45) is 2.00. The van der Waals surface area contributed by atoms with Crippen molar-refractivity contribution in [2.24, 2.45) is 11.8 Å². The fraction of sp³-hybridized carbons (Fsp3) is 0.538. The first-order chi connectivity index (χ1) is 9.40. The molecule has 0 spiro atoms. The number of nitrogens with zero attached hydrogens (tertiary/aromatic N) is 3. The highest BCUT2D eigenvalue weighted by Crippen LogP contribution is 2.27. The van der Waals surface area contributed by atoms with E-state index in [0.717, 1.165) is 12.6 Å². The average Bonchev–Trinajstić information content (AvgIpc) is 2.88. The quantitative estimate of drug-likeness (QED) is 0.488. The summed E-state index contributed by atoms with van der Waals surface area (Å²) in [4.78, 5) is 28.0. The van der Waals surface area contributed by atoms with E-state index in [2.05, 4.69) is 18.8 Å². The summed E-state index contributed by atoms with van der Waals surface area (Å²) in [6.45, 7) is 5.57. The first-order valence-electron chi connectivity index (χ1n) is 6.49. The molecule has 1 aromatic rings. The van der Waals surface area contributed by atoms with Gasteiger partial charge < -0.3 is 4.90 Å². The number of likely N-dealkylation sites (tertiary alicyclic amines) is 1. The Morgan fingerprint density at radius 1 is 1.60 bits per heavy atom. The second-order valence-corrected chi connectivity index (χ2v) is 5.69. The third-order valence-electron chi connectivity index (χ3n) is 3.72. The highest BCUT2D eigenvalue weighted by molar-refractivity contribution is 6.32. The zero-order valence-corrected chi connectivity index (χ0v) is 12.1. The van der Waals surface area contributed by atoms with Gasteiger partial charge in [0.2, 0.25) is 0 Å². The minimum Gasteiger partial charge on any atom is -0.338 e. The lowest BCUT2D eigenvalue weighted by Gasteiger charge is -2.18. The molecule has 108 valence electrons. The topological polar surface area (TPSA) is 76.3 Å². The summed E-state index contributed by atoms with van der Waals surface area (Å²) in [5.74, 6) is 0.685. The number of aromatic nitrogens is 1. The van der Waals surface area contributed by atoms with Crippen molar-refractivity contribution in [3.05, 3.63) is 33.1 Å². The van der Waals surface area contributed by atoms with Gasteiger partial charge in [-0.2, -0.15) is 0 Å². The second-order valence-electron chi connectivity index (χ2n) is 5.33. The number of carbonyl (C=O) groups excluding carboxylic acids is 1. The van der Waals surface area contributed by atoms with Crippen LogP contribution < -0.4 is 0 Å². The summed E-state index contributed by atoms with van der Waals surface area (Å²) >= 11 is 5.89. The summed E-state index contributed by atoms with van der Waals surface area (Å²) in [5, 5.41) is 10.8. The van der Waals surface area contributed by atoms with Crippen LogP contribution in [0.5, 0.6) is 0 Å². The first-order valence-corrected chi connectivity index (χ1v) is 6.87. The van der Waals surface area contributed by atoms with Crippen LogP contribution in [0.25, 0.3) is 0 Å². The molecule has 1 amide bonds. The van der Waals surface area contributed by atoms with Crippen LogP contribution in [0, 0.1) is 22.0 Å². The summed E-state index contributed by atoms with van der Waals surface area (Å²) < 4.78 is 0. The Morgan fingerprint density at radius 2 is 2.30 bits per heavy atom. The van der Waals surface area contributed by atoms with Gasteiger partial charge in [-0.05, 0) is 18.3 Å². The maximum Gasteiger partial charge on any atom is 0.288 e. The first kappa shape index (κ1) is 14.7. The largest absolute Gasteiger partial charge is 0.338 e. The normalized spacial score (nSPS) is 18.6. The van der Waals surface area contributed by atoms with Crippen molar-refractivity contribution in [3.63, 3.8) is 0 Å². The molecular weight excluding hydrogens is 282 g/mol. The summed E-state index contributed by atoms with van der Waals surface area (Å²) in [5.41, 5.74) is -0.123. The van der Waals surface area contributed by atoms with Crippen molar-refractivity contribution in [2.45, 2.75) is 20.3 Å². The molecule has 0 aromatic carbocycles. The lowest BCUT2D eigenvalue weighted by molar-refractivity contribution is -0.385. The molecule has 0 bridgehead atoms. The average molecular weight is 298 g/mol. The second kappa shape index (κ2) is 5.75. The van der Waals surface area contributed by atoms with Gasteiger partial charge in [0.05, 0.1) is 10.5 Å². The van der Waals surface area contributed by atoms with Gasteiger partial charge in [0.25, 0.3) is 11.6 Å². The molecule has 1 aromatic heterocycles. The Bertz CT molecular complexity index is 548. The SMILES string of the molecule is CC(C)C1CCN(C(=O)c2cc([N+](=O)[O-])cnc2Cl)C1. The molecule has 2 heterocycles. The molecular formula is C13H16ClN3O3. The number of nitro groups is 1. The third kappa shape index (κ3) is 2.90. The fourth-order valence-electron chi connectivity index (χ4n) is 2.37. The predicted molar refractivity (Wildman–Crippen MR) is 74.7 cm³/mol. The van der Waals surface area contributed by atoms with E-state index >= 15 is 0 Å². The van der Waals surface area contributed by atoms with Crippen molar-refractivity contribution in [1.29, 1.82) is 0 Å². The van der Waals surface area contributed by atoms with Gasteiger partial charge in [-0.25, -0.2) is 4.98 Å². The Balaban J connectivity index is 2.21. The molecule has 1 saturated heterocycles. The van der Waals surface area contributed by atoms with Crippen LogP contribution >= 0.6 is 11.6 Å². The lowest BCUT2D eigenvalue weighted by atomic mass is 9.95. The van der Waals surface area contributed by atoms with Crippen LogP contribution in [0.3, 0.4) is 0 Å². The Morgan fingerprint density at radius 3 is 2.85 bits per heavy atom. The summed E-state index contributed by atoms with van der Waals surface area (Å²) in [7, 11) is 0. The van der Waals surface area contributed by atoms with Crippen LogP contribution in [0.1, 0.15) is 30.6 Å². The smallest absolute Gasteiger partial charge is 0.288 e. The molecule has 0 aliphatic carbocycles. The van der Waals surface area contributed by atoms with Gasteiger partial charge in [0.1, 0.15) is 11.3 Å². The molecule has 7 heteroatoms. The molecule has 0 radical (unpaired) electrons. The van der Waals surface area contributed by atoms with Crippen molar-refractivity contribution < 1.29 is 9.72 Å². The Kier molecular flexibility index (Phi) is 4.23. The number of halogens is 1. The third-order valence-corrected chi connectivity index (χ3v) is 4.02. The van der Waals surface area contributed by atoms with E-state index in [0.29, 0.717) is 24.9 Å². The maximum absolute atomic E-state index is 12.4. The molecule has 0 N–H and O–H groups in total. The Labute approximate surface area is 121 Å². The molecule has 2 rings (SSSR count). The number of hydrogen-bond acceptors (Lipinski definition) is 4. The predicted octanol–water partition coefficient (Wildman–Crippen LogP) is 2.76. The molecule has 1 fully saturated rings. The minimum atomic E-state index is -0.582. The number of rotatable bonds is 3. The van der Waals surface area contributed by atoms with Crippen LogP contribution in [-0.4, -0.2) is 33.8 Å². The van der Waals surface area contributed by atoms with E-state index in [4.69, 9.17) is 11.6 Å². The van der Waals surface area contributed by atoms with Crippen molar-refractivity contribution in [1.82, 2.24) is 9.88 Å². The van der Waals surface area contributed by atoms with E-state index in [1.54, 1.807) is 4.90 Å². The standard InChI is InChI=1S/C13H16ClN3O3/c1-8(2)9-3-4-16(7-9)13(18)11-5-10(17(19)20)6-15-12(11)14/h5-6,8-9H,3-4,7H2,1-2H3. The van der Waals surface area contributed by atoms with E-state index in [9.17, 15) is 14.9 Å². The van der Waals surface area contributed by atoms with E-state index in [-0.39, 0.29) is 22.3 Å². The van der Waals surface area contributed by atoms with Gasteiger partial charge in [-0.3, -0.25) is 14.9 Å². The van der Waals surface area contributed by atoms with Gasteiger partial charge in [0.15, 0.2) is 0 Å². The number of amides is 1. The van der Waals surface area contributed by atoms with E-state index in [1.807, 2.05) is 0 Å². The zero-order chi connectivity index (χ0) is 14.9. The number of hydrogen-bond donors (Lipinski definition) is 0. The van der Waals surface area contributed by atoms with E-state index < -0.39 is 4.92 Å². The highest BCUT2D eigenvalue weighted by Gasteiger charge is 2.30. The minimum absolute atomic E-state index is 0.00796. The van der Waals surface area contributed by atoms with Crippen molar-refractivity contribution in [3.8, 4) is 0 Å². The number of carbonyl (C=O) groups is 1. The zero-order valence-electron chi connectivity index (χ0n) is 11.4. The highest BCUT2D eigenvalue weighted by atomic mass is 35.5. The molecule has 0 saturated carbocycles. The van der Waals surface area contributed by atoms with Gasteiger partial charge in [-0.15, -0.1) is 0 Å². The molecule has 1 aliphatic rings. The van der Waals surface area contributed by atoms with Crippen molar-refractivity contribution in [2.75, 3.05) is 13.1 Å². The number of pyridine rings is 1. The van der Waals surface area contributed by atoms with Gasteiger partial charge >= 0.3 is 0 Å². The Hall–Kier alpha value is -1.69. The van der Waals surface area contributed by atoms with Gasteiger partial charge in [0, 0.05) is 19.2 Å². The molecule has 1 aliphatic heterocycles. The molecule has 1 atom stereocenters. The van der Waals surface area contributed by atoms with Crippen LogP contribution in [0.2, 0.25) is 5.15 Å². The molecule has 1 unspecified atom stereocenters. The molecule has 6 nitrogen and oxygen atoms in total. The van der Waals surface area contributed by atoms with Crippen LogP contribution in [0.4, 0.5) is 5.69 Å². The van der Waals surface area contributed by atoms with Crippen LogP contribution in [0.15, 0.2) is 12.3 Å². The summed E-state index contributed by atoms with van der Waals surface area (Å²) in [6, 6.07) is 1.19. The maximum atomic E-state index is 12.4.